The van der Waals surface area contributed by atoms with E-state index in [0.29, 0.717) is 0 Å². The summed E-state index contributed by atoms with van der Waals surface area (Å²) in [5.41, 5.74) is 0. The second-order valence-corrected chi connectivity index (χ2v) is 5.17. The molecule has 0 aromatic rings. The van der Waals surface area contributed by atoms with E-state index in [-0.39, 0.29) is 6.29 Å². The number of aliphatic hydroxyl groups is 4. The molecule has 0 heterocycles. The van der Waals surface area contributed by atoms with Crippen molar-refractivity contribution in [2.75, 3.05) is 20.8 Å². The van der Waals surface area contributed by atoms with Crippen LogP contribution >= 0.6 is 7.82 Å². The summed E-state index contributed by atoms with van der Waals surface area (Å²) in [5.74, 6) is 0. The highest BCUT2D eigenvalue weighted by Gasteiger charge is 2.32. The first-order valence-electron chi connectivity index (χ1n) is 4.85. The Labute approximate surface area is 104 Å². The van der Waals surface area contributed by atoms with E-state index in [9.17, 15) is 24.7 Å². The molecule has 0 rings (SSSR count). The molecule has 4 N–H and O–H groups in total. The Morgan fingerprint density at radius 1 is 1.11 bits per heavy atom. The van der Waals surface area contributed by atoms with Gasteiger partial charge in [-0.15, -0.1) is 0 Å². The zero-order valence-corrected chi connectivity index (χ0v) is 10.8. The molecule has 0 fully saturated rings. The lowest BCUT2D eigenvalue weighted by molar-refractivity contribution is -0.136. The van der Waals surface area contributed by atoms with Gasteiger partial charge in [0.15, 0.2) is 6.29 Å². The number of aliphatic hydroxyl groups excluding tert-OH is 4. The summed E-state index contributed by atoms with van der Waals surface area (Å²) in [6.45, 7) is -0.692. The highest BCUT2D eigenvalue weighted by atomic mass is 31.2. The maximum Gasteiger partial charge on any atom is 0.474 e. The normalized spacial score (nSPS) is 19.0. The maximum absolute atomic E-state index is 11.4. The maximum atomic E-state index is 11.4. The molecule has 0 aromatic carbocycles. The van der Waals surface area contributed by atoms with Crippen LogP contribution in [-0.2, 0) is 22.9 Å². The van der Waals surface area contributed by atoms with Crippen LogP contribution in [0.1, 0.15) is 0 Å². The van der Waals surface area contributed by atoms with Crippen LogP contribution in [0.5, 0.6) is 0 Å². The van der Waals surface area contributed by atoms with E-state index in [1.807, 2.05) is 0 Å². The van der Waals surface area contributed by atoms with Crippen LogP contribution < -0.4 is 0 Å². The number of hydrogen-bond acceptors (Lipinski definition) is 9. The summed E-state index contributed by atoms with van der Waals surface area (Å²) in [5, 5.41) is 36.9. The van der Waals surface area contributed by atoms with Crippen LogP contribution in [0.15, 0.2) is 0 Å². The van der Waals surface area contributed by atoms with Crippen LogP contribution in [-0.4, -0.2) is 72.0 Å². The molecule has 0 aliphatic heterocycles. The number of phosphoric acid groups is 1. The minimum Gasteiger partial charge on any atom is -0.388 e. The Balaban J connectivity index is 4.36. The number of hydrogen-bond donors (Lipinski definition) is 4. The summed E-state index contributed by atoms with van der Waals surface area (Å²) < 4.78 is 24.8. The summed E-state index contributed by atoms with van der Waals surface area (Å²) in [7, 11) is -1.71. The Morgan fingerprint density at radius 2 is 1.61 bits per heavy atom. The smallest absolute Gasteiger partial charge is 0.388 e. The molecule has 0 aliphatic rings. The Morgan fingerprint density at radius 3 is 2.00 bits per heavy atom. The summed E-state index contributed by atoms with van der Waals surface area (Å²) >= 11 is 0. The molecule has 10 heteroatoms. The van der Waals surface area contributed by atoms with E-state index in [1.54, 1.807) is 0 Å². The van der Waals surface area contributed by atoms with Gasteiger partial charge in [0.25, 0.3) is 0 Å². The van der Waals surface area contributed by atoms with Gasteiger partial charge < -0.3 is 25.2 Å². The minimum absolute atomic E-state index is 0.00331. The first kappa shape index (κ1) is 17.6. The molecule has 4 atom stereocenters. The van der Waals surface area contributed by atoms with Gasteiger partial charge in [-0.1, -0.05) is 0 Å². The Bertz CT molecular complexity index is 288. The summed E-state index contributed by atoms with van der Waals surface area (Å²) in [6, 6.07) is 0. The Kier molecular flexibility index (Phi) is 7.76. The average molecular weight is 288 g/mol. The zero-order chi connectivity index (χ0) is 14.3. The van der Waals surface area contributed by atoms with Crippen molar-refractivity contribution in [1.29, 1.82) is 0 Å². The molecule has 0 saturated heterocycles. The molecule has 0 radical (unpaired) electrons. The quantitative estimate of drug-likeness (QED) is 0.281. The fraction of sp³-hybridized carbons (Fsp3) is 0.875. The van der Waals surface area contributed by atoms with Gasteiger partial charge in [0, 0.05) is 14.2 Å². The molecule has 9 nitrogen and oxygen atoms in total. The third-order valence-electron chi connectivity index (χ3n) is 2.08. The van der Waals surface area contributed by atoms with Crippen LogP contribution in [0.3, 0.4) is 0 Å². The van der Waals surface area contributed by atoms with Crippen molar-refractivity contribution in [2.45, 2.75) is 24.4 Å². The molecule has 4 unspecified atom stereocenters. The number of aldehydes is 1. The number of carbonyl (C=O) groups excluding carboxylic acids is 1. The molecular weight excluding hydrogens is 271 g/mol. The summed E-state index contributed by atoms with van der Waals surface area (Å²) in [4.78, 5) is 10.2. The van der Waals surface area contributed by atoms with E-state index >= 15 is 0 Å². The third-order valence-corrected chi connectivity index (χ3v) is 3.44. The SMILES string of the molecule is COP(=O)(OC)OCC(O)C(O)C(O)C(O)C=O. The Hall–Kier alpha value is -0.380. The highest BCUT2D eigenvalue weighted by Crippen LogP contribution is 2.47. The summed E-state index contributed by atoms with van der Waals surface area (Å²) in [6.07, 6.45) is -7.33. The van der Waals surface area contributed by atoms with Crippen molar-refractivity contribution in [1.82, 2.24) is 0 Å². The zero-order valence-electron chi connectivity index (χ0n) is 9.87. The lowest BCUT2D eigenvalue weighted by atomic mass is 10.0. The third kappa shape index (κ3) is 5.09. The van der Waals surface area contributed by atoms with E-state index in [0.717, 1.165) is 14.2 Å². The minimum atomic E-state index is -3.82. The van der Waals surface area contributed by atoms with Crippen molar-refractivity contribution < 1.29 is 43.4 Å². The van der Waals surface area contributed by atoms with Gasteiger partial charge in [0.05, 0.1) is 6.61 Å². The lowest BCUT2D eigenvalue weighted by Crippen LogP contribution is -2.46. The van der Waals surface area contributed by atoms with Gasteiger partial charge in [-0.25, -0.2) is 4.57 Å². The van der Waals surface area contributed by atoms with Gasteiger partial charge in [0.1, 0.15) is 24.4 Å². The van der Waals surface area contributed by atoms with Crippen molar-refractivity contribution in [3.63, 3.8) is 0 Å². The molecule has 0 aliphatic carbocycles. The van der Waals surface area contributed by atoms with Gasteiger partial charge in [-0.2, -0.15) is 0 Å². The molecular formula is C8H17O9P. The average Bonchev–Trinajstić information content (AvgIpc) is 2.41. The molecule has 0 aromatic heterocycles. The molecule has 18 heavy (non-hydrogen) atoms. The topological polar surface area (TPSA) is 143 Å². The number of rotatable bonds is 9. The fourth-order valence-electron chi connectivity index (χ4n) is 0.956. The number of phosphoric ester groups is 1. The predicted octanol–water partition coefficient (Wildman–Crippen LogP) is -1.95. The van der Waals surface area contributed by atoms with Crippen molar-refractivity contribution in [3.8, 4) is 0 Å². The van der Waals surface area contributed by atoms with Crippen LogP contribution in [0, 0.1) is 0 Å². The first-order chi connectivity index (χ1) is 8.31. The van der Waals surface area contributed by atoms with Gasteiger partial charge in [0.2, 0.25) is 0 Å². The van der Waals surface area contributed by atoms with Crippen molar-refractivity contribution in [2.24, 2.45) is 0 Å². The largest absolute Gasteiger partial charge is 0.474 e. The van der Waals surface area contributed by atoms with E-state index in [2.05, 4.69) is 13.6 Å². The van der Waals surface area contributed by atoms with Crippen molar-refractivity contribution in [3.05, 3.63) is 0 Å². The van der Waals surface area contributed by atoms with Gasteiger partial charge in [-0.3, -0.25) is 13.6 Å². The molecule has 0 bridgehead atoms. The van der Waals surface area contributed by atoms with Gasteiger partial charge >= 0.3 is 7.82 Å². The second kappa shape index (κ2) is 7.93. The predicted molar refractivity (Wildman–Crippen MR) is 57.7 cm³/mol. The van der Waals surface area contributed by atoms with Crippen LogP contribution in [0.25, 0.3) is 0 Å². The van der Waals surface area contributed by atoms with E-state index < -0.39 is 38.8 Å². The fourth-order valence-corrected chi connectivity index (χ4v) is 1.65. The van der Waals surface area contributed by atoms with Crippen LogP contribution in [0.2, 0.25) is 0 Å². The first-order valence-corrected chi connectivity index (χ1v) is 6.31. The van der Waals surface area contributed by atoms with Crippen LogP contribution in [0.4, 0.5) is 0 Å². The molecule has 108 valence electrons. The molecule has 0 amide bonds. The van der Waals surface area contributed by atoms with E-state index in [1.165, 1.54) is 0 Å². The monoisotopic (exact) mass is 288 g/mol. The van der Waals surface area contributed by atoms with E-state index in [4.69, 9.17) is 5.11 Å². The van der Waals surface area contributed by atoms with Gasteiger partial charge in [-0.05, 0) is 0 Å². The standard InChI is InChI=1S/C8H17O9P/c1-15-18(14,16-2)17-4-6(11)8(13)7(12)5(10)3-9/h3,5-8,10-13H,4H2,1-2H3. The highest BCUT2D eigenvalue weighted by molar-refractivity contribution is 7.48. The van der Waals surface area contributed by atoms with Crippen molar-refractivity contribution >= 4 is 14.1 Å². The molecule has 0 spiro atoms. The second-order valence-electron chi connectivity index (χ2n) is 3.28. The molecule has 0 saturated carbocycles. The number of carbonyl (C=O) groups is 1. The lowest BCUT2D eigenvalue weighted by Gasteiger charge is -2.24.